The van der Waals surface area contributed by atoms with Crippen molar-refractivity contribution in [3.8, 4) is 22.6 Å². The van der Waals surface area contributed by atoms with E-state index in [-0.39, 0.29) is 17.7 Å². The van der Waals surface area contributed by atoms with E-state index < -0.39 is 0 Å². The van der Waals surface area contributed by atoms with Gasteiger partial charge in [-0.05, 0) is 12.8 Å². The fourth-order valence-electron chi connectivity index (χ4n) is 2.53. The predicted molar refractivity (Wildman–Crippen MR) is 111 cm³/mol. The number of thioether (sulfide) groups is 1. The van der Waals surface area contributed by atoms with E-state index in [2.05, 4.69) is 24.1 Å². The van der Waals surface area contributed by atoms with Gasteiger partial charge in [-0.25, -0.2) is 4.98 Å². The van der Waals surface area contributed by atoms with Crippen LogP contribution in [-0.2, 0) is 4.79 Å². The number of hydrogen-bond acceptors (Lipinski definition) is 4. The molecule has 0 aliphatic heterocycles. The summed E-state index contributed by atoms with van der Waals surface area (Å²) in [6.45, 7) is 6.19. The van der Waals surface area contributed by atoms with E-state index in [1.54, 1.807) is 0 Å². The summed E-state index contributed by atoms with van der Waals surface area (Å²) in [5.41, 5.74) is 2.75. The Morgan fingerprint density at radius 1 is 1.00 bits per heavy atom. The lowest BCUT2D eigenvalue weighted by atomic mass is 10.1. The monoisotopic (exact) mass is 380 g/mol. The molecule has 1 N–H and O–H groups in total. The van der Waals surface area contributed by atoms with E-state index in [0.717, 1.165) is 22.6 Å². The number of carbonyl (C=O) groups is 1. The zero-order valence-electron chi connectivity index (χ0n) is 15.8. The van der Waals surface area contributed by atoms with E-state index >= 15 is 0 Å². The maximum absolute atomic E-state index is 12.2. The van der Waals surface area contributed by atoms with Crippen LogP contribution in [0.1, 0.15) is 20.8 Å². The van der Waals surface area contributed by atoms with Crippen molar-refractivity contribution in [2.75, 3.05) is 5.75 Å². The minimum Gasteiger partial charge on any atom is -0.431 e. The highest BCUT2D eigenvalue weighted by Gasteiger charge is 2.18. The molecule has 0 aliphatic rings. The lowest BCUT2D eigenvalue weighted by molar-refractivity contribution is -0.119. The van der Waals surface area contributed by atoms with Gasteiger partial charge in [0.1, 0.15) is 5.69 Å². The number of nitrogens with one attached hydrogen (secondary N) is 1. The number of aromatic nitrogens is 1. The minimum atomic E-state index is -0.0121. The van der Waals surface area contributed by atoms with Gasteiger partial charge in [0, 0.05) is 17.2 Å². The molecule has 1 unspecified atom stereocenters. The fourth-order valence-corrected chi connectivity index (χ4v) is 3.16. The summed E-state index contributed by atoms with van der Waals surface area (Å²) in [6, 6.07) is 20.0. The highest BCUT2D eigenvalue weighted by molar-refractivity contribution is 7.99. The Morgan fingerprint density at radius 3 is 2.19 bits per heavy atom. The SMILES string of the molecule is CC(C)C(C)NC(=O)CSc1nc(-c2ccccc2)c(-c2ccccc2)o1. The zero-order chi connectivity index (χ0) is 19.2. The van der Waals surface area contributed by atoms with Gasteiger partial charge in [0.15, 0.2) is 5.76 Å². The van der Waals surface area contributed by atoms with Gasteiger partial charge < -0.3 is 9.73 Å². The average Bonchev–Trinajstić information content (AvgIpc) is 3.12. The number of oxazole rings is 1. The second-order valence-corrected chi connectivity index (χ2v) is 7.71. The van der Waals surface area contributed by atoms with Crippen LogP contribution in [0.25, 0.3) is 22.6 Å². The summed E-state index contributed by atoms with van der Waals surface area (Å²) in [7, 11) is 0. The van der Waals surface area contributed by atoms with Crippen molar-refractivity contribution in [2.45, 2.75) is 32.0 Å². The second-order valence-electron chi connectivity index (χ2n) is 6.78. The minimum absolute atomic E-state index is 0.0121. The fraction of sp³-hybridized carbons (Fsp3) is 0.273. The molecule has 4 nitrogen and oxygen atoms in total. The molecule has 1 aromatic heterocycles. The summed E-state index contributed by atoms with van der Waals surface area (Å²) in [4.78, 5) is 16.8. The normalized spacial score (nSPS) is 12.1. The van der Waals surface area contributed by atoms with Gasteiger partial charge in [0.05, 0.1) is 5.75 Å². The molecule has 0 bridgehead atoms. The first kappa shape index (κ1) is 19.2. The van der Waals surface area contributed by atoms with Gasteiger partial charge in [0.2, 0.25) is 5.91 Å². The molecule has 0 fully saturated rings. The molecule has 5 heteroatoms. The number of amides is 1. The number of benzene rings is 2. The van der Waals surface area contributed by atoms with E-state index in [0.29, 0.717) is 11.1 Å². The van der Waals surface area contributed by atoms with Crippen LogP contribution in [0.3, 0.4) is 0 Å². The molecular formula is C22H24N2O2S. The van der Waals surface area contributed by atoms with Crippen molar-refractivity contribution < 1.29 is 9.21 Å². The van der Waals surface area contributed by atoms with Crippen LogP contribution in [0.5, 0.6) is 0 Å². The maximum atomic E-state index is 12.2. The summed E-state index contributed by atoms with van der Waals surface area (Å²) >= 11 is 1.32. The van der Waals surface area contributed by atoms with Gasteiger partial charge in [-0.3, -0.25) is 4.79 Å². The molecule has 3 rings (SSSR count). The lowest BCUT2D eigenvalue weighted by Crippen LogP contribution is -2.37. The highest BCUT2D eigenvalue weighted by Crippen LogP contribution is 2.35. The van der Waals surface area contributed by atoms with Crippen LogP contribution >= 0.6 is 11.8 Å². The van der Waals surface area contributed by atoms with Gasteiger partial charge in [-0.1, -0.05) is 86.3 Å². The summed E-state index contributed by atoms with van der Waals surface area (Å²) in [5, 5.41) is 3.51. The van der Waals surface area contributed by atoms with Crippen molar-refractivity contribution in [3.05, 3.63) is 60.7 Å². The highest BCUT2D eigenvalue weighted by atomic mass is 32.2. The maximum Gasteiger partial charge on any atom is 0.257 e. The average molecular weight is 381 g/mol. The molecule has 0 spiro atoms. The first-order chi connectivity index (χ1) is 13.0. The third kappa shape index (κ3) is 5.01. The molecule has 2 aromatic carbocycles. The molecule has 1 atom stereocenters. The smallest absolute Gasteiger partial charge is 0.257 e. The van der Waals surface area contributed by atoms with Crippen molar-refractivity contribution in [2.24, 2.45) is 5.92 Å². The van der Waals surface area contributed by atoms with Crippen molar-refractivity contribution in [1.29, 1.82) is 0 Å². The standard InChI is InChI=1S/C22H24N2O2S/c1-15(2)16(3)23-19(25)14-27-22-24-20(17-10-6-4-7-11-17)21(26-22)18-12-8-5-9-13-18/h4-13,15-16H,14H2,1-3H3,(H,23,25). The van der Waals surface area contributed by atoms with Crippen molar-refractivity contribution >= 4 is 17.7 Å². The van der Waals surface area contributed by atoms with Crippen LogP contribution < -0.4 is 5.32 Å². The third-order valence-corrected chi connectivity index (χ3v) is 5.23. The van der Waals surface area contributed by atoms with Gasteiger partial charge in [0.25, 0.3) is 5.22 Å². The third-order valence-electron chi connectivity index (χ3n) is 4.41. The number of nitrogens with zero attached hydrogens (tertiary/aromatic N) is 1. The van der Waals surface area contributed by atoms with Crippen LogP contribution in [0.2, 0.25) is 0 Å². The molecule has 1 heterocycles. The Bertz CT molecular complexity index is 819. The van der Waals surface area contributed by atoms with Crippen LogP contribution in [-0.4, -0.2) is 22.7 Å². The molecule has 0 aliphatic carbocycles. The Hall–Kier alpha value is -2.53. The quantitative estimate of drug-likeness (QED) is 0.568. The summed E-state index contributed by atoms with van der Waals surface area (Å²) < 4.78 is 6.03. The first-order valence-electron chi connectivity index (χ1n) is 9.08. The van der Waals surface area contributed by atoms with Crippen LogP contribution in [0.15, 0.2) is 70.3 Å². The van der Waals surface area contributed by atoms with E-state index in [9.17, 15) is 4.79 Å². The summed E-state index contributed by atoms with van der Waals surface area (Å²) in [6.07, 6.45) is 0. The number of hydrogen-bond donors (Lipinski definition) is 1. The Morgan fingerprint density at radius 2 is 1.59 bits per heavy atom. The molecule has 0 saturated carbocycles. The number of carbonyl (C=O) groups excluding carboxylic acids is 1. The molecular weight excluding hydrogens is 356 g/mol. The lowest BCUT2D eigenvalue weighted by Gasteiger charge is -2.16. The van der Waals surface area contributed by atoms with Gasteiger partial charge in [-0.2, -0.15) is 0 Å². The van der Waals surface area contributed by atoms with Crippen molar-refractivity contribution in [1.82, 2.24) is 10.3 Å². The topological polar surface area (TPSA) is 55.1 Å². The van der Waals surface area contributed by atoms with Crippen molar-refractivity contribution in [3.63, 3.8) is 0 Å². The molecule has 27 heavy (non-hydrogen) atoms. The van der Waals surface area contributed by atoms with Gasteiger partial charge >= 0.3 is 0 Å². The zero-order valence-corrected chi connectivity index (χ0v) is 16.6. The van der Waals surface area contributed by atoms with E-state index in [1.807, 2.05) is 67.6 Å². The Balaban J connectivity index is 1.81. The van der Waals surface area contributed by atoms with E-state index in [4.69, 9.17) is 4.42 Å². The summed E-state index contributed by atoms with van der Waals surface area (Å²) in [5.74, 6) is 1.39. The first-order valence-corrected chi connectivity index (χ1v) is 10.1. The van der Waals surface area contributed by atoms with Gasteiger partial charge in [-0.15, -0.1) is 0 Å². The molecule has 140 valence electrons. The van der Waals surface area contributed by atoms with Crippen LogP contribution in [0, 0.1) is 5.92 Å². The van der Waals surface area contributed by atoms with E-state index in [1.165, 1.54) is 11.8 Å². The molecule has 0 radical (unpaired) electrons. The molecule has 0 saturated heterocycles. The second kappa shape index (κ2) is 8.91. The Labute approximate surface area is 164 Å². The van der Waals surface area contributed by atoms with Crippen LogP contribution in [0.4, 0.5) is 0 Å². The Kier molecular flexibility index (Phi) is 6.35. The molecule has 3 aromatic rings. The number of rotatable bonds is 7. The molecule has 1 amide bonds. The largest absolute Gasteiger partial charge is 0.431 e. The predicted octanol–water partition coefficient (Wildman–Crippen LogP) is 5.26.